The molecule has 0 spiro atoms. The first-order valence-corrected chi connectivity index (χ1v) is 6.26. The summed E-state index contributed by atoms with van der Waals surface area (Å²) in [7, 11) is 1.93. The van der Waals surface area contributed by atoms with Crippen LogP contribution in [0.1, 0.15) is 11.1 Å². The second kappa shape index (κ2) is 6.43. The zero-order valence-electron chi connectivity index (χ0n) is 10.3. The van der Waals surface area contributed by atoms with Crippen molar-refractivity contribution < 1.29 is 4.74 Å². The van der Waals surface area contributed by atoms with Crippen molar-refractivity contribution in [3.8, 4) is 5.75 Å². The highest BCUT2D eigenvalue weighted by Gasteiger charge is 1.98. The lowest BCUT2D eigenvalue weighted by Gasteiger charge is -2.08. The molecule has 2 aromatic rings. The largest absolute Gasteiger partial charge is 0.489 e. The van der Waals surface area contributed by atoms with E-state index in [2.05, 4.69) is 11.4 Å². The second-order valence-electron chi connectivity index (χ2n) is 4.10. The molecule has 3 heteroatoms. The zero-order valence-corrected chi connectivity index (χ0v) is 11.1. The third-order valence-corrected chi connectivity index (χ3v) is 2.81. The fourth-order valence-electron chi connectivity index (χ4n) is 1.74. The van der Waals surface area contributed by atoms with E-state index in [-0.39, 0.29) is 0 Å². The monoisotopic (exact) mass is 261 g/mol. The van der Waals surface area contributed by atoms with Gasteiger partial charge in [0.05, 0.1) is 0 Å². The van der Waals surface area contributed by atoms with Crippen LogP contribution in [0.5, 0.6) is 5.75 Å². The minimum Gasteiger partial charge on any atom is -0.489 e. The molecule has 0 aliphatic heterocycles. The average molecular weight is 262 g/mol. The lowest BCUT2D eigenvalue weighted by molar-refractivity contribution is 0.306. The van der Waals surface area contributed by atoms with Crippen molar-refractivity contribution in [3.05, 3.63) is 64.7 Å². The minimum atomic E-state index is 0.531. The Bertz CT molecular complexity index is 513. The molecule has 0 radical (unpaired) electrons. The van der Waals surface area contributed by atoms with Gasteiger partial charge in [-0.25, -0.2) is 0 Å². The van der Waals surface area contributed by atoms with Gasteiger partial charge in [-0.1, -0.05) is 35.9 Å². The number of hydrogen-bond acceptors (Lipinski definition) is 2. The van der Waals surface area contributed by atoms with Crippen LogP contribution in [0.3, 0.4) is 0 Å². The number of benzene rings is 2. The van der Waals surface area contributed by atoms with Gasteiger partial charge in [-0.3, -0.25) is 0 Å². The fourth-order valence-corrected chi connectivity index (χ4v) is 1.96. The van der Waals surface area contributed by atoms with Gasteiger partial charge in [-0.05, 0) is 42.4 Å². The summed E-state index contributed by atoms with van der Waals surface area (Å²) < 4.78 is 5.75. The molecule has 0 saturated carbocycles. The molecular formula is C15H16ClNO. The maximum atomic E-state index is 5.93. The lowest BCUT2D eigenvalue weighted by Crippen LogP contribution is -2.05. The van der Waals surface area contributed by atoms with E-state index in [4.69, 9.17) is 16.3 Å². The van der Waals surface area contributed by atoms with Crippen LogP contribution < -0.4 is 10.1 Å². The summed E-state index contributed by atoms with van der Waals surface area (Å²) in [4.78, 5) is 0. The van der Waals surface area contributed by atoms with Gasteiger partial charge in [0.1, 0.15) is 12.4 Å². The predicted octanol–water partition coefficient (Wildman–Crippen LogP) is 3.64. The molecule has 0 heterocycles. The normalized spacial score (nSPS) is 10.3. The summed E-state index contributed by atoms with van der Waals surface area (Å²) in [6.07, 6.45) is 0. The van der Waals surface area contributed by atoms with Crippen LogP contribution >= 0.6 is 11.6 Å². The molecule has 0 aromatic heterocycles. The molecule has 0 amide bonds. The highest BCUT2D eigenvalue weighted by molar-refractivity contribution is 6.30. The van der Waals surface area contributed by atoms with E-state index < -0.39 is 0 Å². The Morgan fingerprint density at radius 3 is 2.61 bits per heavy atom. The van der Waals surface area contributed by atoms with Crippen molar-refractivity contribution in [1.82, 2.24) is 5.32 Å². The molecule has 1 N–H and O–H groups in total. The predicted molar refractivity (Wildman–Crippen MR) is 75.0 cm³/mol. The maximum Gasteiger partial charge on any atom is 0.120 e. The smallest absolute Gasteiger partial charge is 0.120 e. The van der Waals surface area contributed by atoms with E-state index in [9.17, 15) is 0 Å². The molecule has 0 aliphatic carbocycles. The molecule has 0 bridgehead atoms. The molecule has 2 rings (SSSR count). The minimum absolute atomic E-state index is 0.531. The molecule has 2 nitrogen and oxygen atoms in total. The molecule has 94 valence electrons. The Morgan fingerprint density at radius 1 is 1.06 bits per heavy atom. The molecule has 0 unspecified atom stereocenters. The van der Waals surface area contributed by atoms with Gasteiger partial charge in [-0.15, -0.1) is 0 Å². The van der Waals surface area contributed by atoms with Crippen LogP contribution in [0.25, 0.3) is 0 Å². The standard InChI is InChI=1S/C15H16ClNO/c1-17-10-12-4-3-7-15(9-12)18-11-13-5-2-6-14(16)8-13/h2-9,17H,10-11H2,1H3. The lowest BCUT2D eigenvalue weighted by atomic mass is 10.2. The van der Waals surface area contributed by atoms with Gasteiger partial charge in [0, 0.05) is 11.6 Å². The zero-order chi connectivity index (χ0) is 12.8. The number of ether oxygens (including phenoxy) is 1. The van der Waals surface area contributed by atoms with Crippen molar-refractivity contribution in [1.29, 1.82) is 0 Å². The van der Waals surface area contributed by atoms with E-state index in [0.717, 1.165) is 22.9 Å². The van der Waals surface area contributed by atoms with Crippen LogP contribution in [0, 0.1) is 0 Å². The van der Waals surface area contributed by atoms with Crippen molar-refractivity contribution in [3.63, 3.8) is 0 Å². The number of nitrogens with one attached hydrogen (secondary N) is 1. The Kier molecular flexibility index (Phi) is 4.62. The molecular weight excluding hydrogens is 246 g/mol. The summed E-state index contributed by atoms with van der Waals surface area (Å²) >= 11 is 5.93. The van der Waals surface area contributed by atoms with E-state index >= 15 is 0 Å². The summed E-state index contributed by atoms with van der Waals surface area (Å²) in [6.45, 7) is 1.37. The second-order valence-corrected chi connectivity index (χ2v) is 4.53. The molecule has 0 fully saturated rings. The van der Waals surface area contributed by atoms with Crippen LogP contribution in [0.15, 0.2) is 48.5 Å². The molecule has 0 saturated heterocycles. The van der Waals surface area contributed by atoms with Crippen LogP contribution in [-0.4, -0.2) is 7.05 Å². The molecule has 0 aliphatic rings. The fraction of sp³-hybridized carbons (Fsp3) is 0.200. The van der Waals surface area contributed by atoms with Crippen molar-refractivity contribution in [2.75, 3.05) is 7.05 Å². The van der Waals surface area contributed by atoms with Gasteiger partial charge in [0.15, 0.2) is 0 Å². The maximum absolute atomic E-state index is 5.93. The van der Waals surface area contributed by atoms with E-state index in [1.807, 2.05) is 49.5 Å². The molecule has 18 heavy (non-hydrogen) atoms. The Morgan fingerprint density at radius 2 is 1.83 bits per heavy atom. The summed E-state index contributed by atoms with van der Waals surface area (Å²) in [5.74, 6) is 0.878. The van der Waals surface area contributed by atoms with Crippen LogP contribution in [-0.2, 0) is 13.2 Å². The summed E-state index contributed by atoms with van der Waals surface area (Å²) in [5.41, 5.74) is 2.28. The van der Waals surface area contributed by atoms with Gasteiger partial charge in [0.2, 0.25) is 0 Å². The first kappa shape index (κ1) is 12.9. The third-order valence-electron chi connectivity index (χ3n) is 2.57. The topological polar surface area (TPSA) is 21.3 Å². The molecule has 2 aromatic carbocycles. The number of halogens is 1. The van der Waals surface area contributed by atoms with E-state index in [1.54, 1.807) is 0 Å². The van der Waals surface area contributed by atoms with Gasteiger partial charge in [-0.2, -0.15) is 0 Å². The van der Waals surface area contributed by atoms with Crippen LogP contribution in [0.2, 0.25) is 5.02 Å². The Hall–Kier alpha value is -1.51. The Balaban J connectivity index is 1.99. The first-order valence-electron chi connectivity index (χ1n) is 5.89. The quantitative estimate of drug-likeness (QED) is 0.887. The number of rotatable bonds is 5. The van der Waals surface area contributed by atoms with Crippen molar-refractivity contribution in [2.24, 2.45) is 0 Å². The van der Waals surface area contributed by atoms with E-state index in [0.29, 0.717) is 6.61 Å². The highest BCUT2D eigenvalue weighted by Crippen LogP contribution is 2.16. The first-order chi connectivity index (χ1) is 8.78. The van der Waals surface area contributed by atoms with Gasteiger partial charge in [0.25, 0.3) is 0 Å². The molecule has 0 atom stereocenters. The highest BCUT2D eigenvalue weighted by atomic mass is 35.5. The third kappa shape index (κ3) is 3.76. The summed E-state index contributed by atoms with van der Waals surface area (Å²) in [5, 5.41) is 3.86. The van der Waals surface area contributed by atoms with Crippen LogP contribution in [0.4, 0.5) is 0 Å². The van der Waals surface area contributed by atoms with Gasteiger partial charge >= 0.3 is 0 Å². The SMILES string of the molecule is CNCc1cccc(OCc2cccc(Cl)c2)c1. The number of hydrogen-bond donors (Lipinski definition) is 1. The van der Waals surface area contributed by atoms with E-state index in [1.165, 1.54) is 5.56 Å². The Labute approximate surface area is 113 Å². The van der Waals surface area contributed by atoms with Crippen molar-refractivity contribution >= 4 is 11.6 Å². The van der Waals surface area contributed by atoms with Gasteiger partial charge < -0.3 is 10.1 Å². The summed E-state index contributed by atoms with van der Waals surface area (Å²) in [6, 6.07) is 15.8. The van der Waals surface area contributed by atoms with Crippen molar-refractivity contribution in [2.45, 2.75) is 13.2 Å². The average Bonchev–Trinajstić information content (AvgIpc) is 2.37.